The van der Waals surface area contributed by atoms with E-state index >= 15 is 0 Å². The molecule has 1 aliphatic carbocycles. The zero-order valence-electron chi connectivity index (χ0n) is 15.5. The maximum atomic E-state index is 13.8. The van der Waals surface area contributed by atoms with Crippen LogP contribution in [0.3, 0.4) is 0 Å². The number of halogens is 3. The van der Waals surface area contributed by atoms with Crippen molar-refractivity contribution in [3.63, 3.8) is 0 Å². The summed E-state index contributed by atoms with van der Waals surface area (Å²) in [4.78, 5) is 17.3. The van der Waals surface area contributed by atoms with Crippen molar-refractivity contribution in [1.29, 1.82) is 0 Å². The highest BCUT2D eigenvalue weighted by Gasteiger charge is 2.30. The van der Waals surface area contributed by atoms with E-state index < -0.39 is 17.7 Å². The standard InChI is InChI=1S/C21H20ClF2N3O/c1-11(2)20(27-10-25-18-8-15(23)16(24)9-19(18)27)21(28)26-17-6-3-12-7-13(22)4-5-14(12)17/h4-5,7-11,17,20H,3,6H2,1-2H3,(H,26,28)/t17-,20+/m0/s1. The van der Waals surface area contributed by atoms with Crippen molar-refractivity contribution in [1.82, 2.24) is 14.9 Å². The van der Waals surface area contributed by atoms with Crippen molar-refractivity contribution in [2.24, 2.45) is 5.92 Å². The number of nitrogens with zero attached hydrogens (tertiary/aromatic N) is 2. The van der Waals surface area contributed by atoms with Crippen LogP contribution in [0, 0.1) is 17.6 Å². The van der Waals surface area contributed by atoms with Crippen LogP contribution >= 0.6 is 11.6 Å². The van der Waals surface area contributed by atoms with Gasteiger partial charge in [-0.3, -0.25) is 4.79 Å². The van der Waals surface area contributed by atoms with Crippen molar-refractivity contribution in [3.05, 3.63) is 64.4 Å². The van der Waals surface area contributed by atoms with Gasteiger partial charge in [-0.25, -0.2) is 13.8 Å². The van der Waals surface area contributed by atoms with E-state index in [4.69, 9.17) is 11.6 Å². The first-order valence-electron chi connectivity index (χ1n) is 9.25. The molecule has 0 bridgehead atoms. The van der Waals surface area contributed by atoms with Gasteiger partial charge in [0.25, 0.3) is 0 Å². The van der Waals surface area contributed by atoms with Gasteiger partial charge in [-0.15, -0.1) is 0 Å². The third-order valence-electron chi connectivity index (χ3n) is 5.32. The molecule has 4 nitrogen and oxygen atoms in total. The molecule has 1 N–H and O–H groups in total. The van der Waals surface area contributed by atoms with Gasteiger partial charge in [0.05, 0.1) is 23.4 Å². The van der Waals surface area contributed by atoms with E-state index in [2.05, 4.69) is 10.3 Å². The molecule has 2 atom stereocenters. The summed E-state index contributed by atoms with van der Waals surface area (Å²) in [6, 6.07) is 7.16. The lowest BCUT2D eigenvalue weighted by molar-refractivity contribution is -0.126. The topological polar surface area (TPSA) is 46.9 Å². The summed E-state index contributed by atoms with van der Waals surface area (Å²) < 4.78 is 28.9. The van der Waals surface area contributed by atoms with Crippen LogP contribution in [0.5, 0.6) is 0 Å². The Labute approximate surface area is 166 Å². The van der Waals surface area contributed by atoms with Crippen LogP contribution in [-0.2, 0) is 11.2 Å². The number of aromatic nitrogens is 2. The largest absolute Gasteiger partial charge is 0.347 e. The quantitative estimate of drug-likeness (QED) is 0.668. The number of benzene rings is 2. The summed E-state index contributed by atoms with van der Waals surface area (Å²) in [7, 11) is 0. The van der Waals surface area contributed by atoms with Crippen LogP contribution in [0.4, 0.5) is 8.78 Å². The van der Waals surface area contributed by atoms with Gasteiger partial charge in [0.1, 0.15) is 6.04 Å². The number of hydrogen-bond acceptors (Lipinski definition) is 2. The molecule has 1 amide bonds. The molecule has 0 aliphatic heterocycles. The van der Waals surface area contributed by atoms with E-state index in [-0.39, 0.29) is 17.9 Å². The second-order valence-corrected chi connectivity index (χ2v) is 7.98. The van der Waals surface area contributed by atoms with E-state index in [0.717, 1.165) is 36.1 Å². The maximum Gasteiger partial charge on any atom is 0.243 e. The second-order valence-electron chi connectivity index (χ2n) is 7.54. The Balaban J connectivity index is 1.65. The van der Waals surface area contributed by atoms with Crippen LogP contribution in [0.15, 0.2) is 36.7 Å². The van der Waals surface area contributed by atoms with Gasteiger partial charge < -0.3 is 9.88 Å². The Morgan fingerprint density at radius 3 is 2.75 bits per heavy atom. The molecule has 0 fully saturated rings. The molecule has 1 aliphatic rings. The smallest absolute Gasteiger partial charge is 0.243 e. The van der Waals surface area contributed by atoms with E-state index in [9.17, 15) is 13.6 Å². The summed E-state index contributed by atoms with van der Waals surface area (Å²) >= 11 is 6.06. The van der Waals surface area contributed by atoms with Gasteiger partial charge in [0, 0.05) is 17.2 Å². The summed E-state index contributed by atoms with van der Waals surface area (Å²) in [6.07, 6.45) is 3.12. The molecular weight excluding hydrogens is 384 g/mol. The lowest BCUT2D eigenvalue weighted by Crippen LogP contribution is -2.37. The van der Waals surface area contributed by atoms with Crippen molar-refractivity contribution >= 4 is 28.5 Å². The van der Waals surface area contributed by atoms with Gasteiger partial charge in [-0.1, -0.05) is 31.5 Å². The summed E-state index contributed by atoms with van der Waals surface area (Å²) in [5.41, 5.74) is 2.93. The molecule has 146 valence electrons. The molecule has 0 saturated carbocycles. The van der Waals surface area contributed by atoms with Crippen LogP contribution in [0.2, 0.25) is 5.02 Å². The number of fused-ring (bicyclic) bond motifs is 2. The average Bonchev–Trinajstić information content (AvgIpc) is 3.20. The van der Waals surface area contributed by atoms with Crippen molar-refractivity contribution in [3.8, 4) is 0 Å². The Hall–Kier alpha value is -2.47. The molecule has 3 aromatic rings. The zero-order valence-corrected chi connectivity index (χ0v) is 16.3. The van der Waals surface area contributed by atoms with Crippen LogP contribution in [0.25, 0.3) is 11.0 Å². The normalized spacial score (nSPS) is 17.1. The number of amides is 1. The van der Waals surface area contributed by atoms with Gasteiger partial charge in [-0.2, -0.15) is 0 Å². The predicted molar refractivity (Wildman–Crippen MR) is 104 cm³/mol. The molecule has 1 heterocycles. The summed E-state index contributed by atoms with van der Waals surface area (Å²) in [5.74, 6) is -2.16. The number of carbonyl (C=O) groups excluding carboxylic acids is 1. The molecule has 7 heteroatoms. The minimum absolute atomic E-state index is 0.0726. The molecule has 2 aromatic carbocycles. The van der Waals surface area contributed by atoms with Crippen LogP contribution in [0.1, 0.15) is 43.5 Å². The van der Waals surface area contributed by atoms with E-state index in [1.165, 1.54) is 6.33 Å². The fraction of sp³-hybridized carbons (Fsp3) is 0.333. The van der Waals surface area contributed by atoms with Crippen molar-refractivity contribution < 1.29 is 13.6 Å². The molecule has 0 radical (unpaired) electrons. The van der Waals surface area contributed by atoms with Gasteiger partial charge in [0.15, 0.2) is 11.6 Å². The molecule has 0 saturated heterocycles. The Bertz CT molecular complexity index is 1060. The predicted octanol–water partition coefficient (Wildman–Crippen LogP) is 4.97. The van der Waals surface area contributed by atoms with Gasteiger partial charge in [-0.05, 0) is 42.0 Å². The molecule has 1 aromatic heterocycles. The average molecular weight is 404 g/mol. The van der Waals surface area contributed by atoms with Crippen molar-refractivity contribution in [2.75, 3.05) is 0 Å². The highest BCUT2D eigenvalue weighted by Crippen LogP contribution is 2.34. The molecule has 28 heavy (non-hydrogen) atoms. The zero-order chi connectivity index (χ0) is 20.0. The number of imidazole rings is 1. The Kier molecular flexibility index (Phi) is 4.83. The lowest BCUT2D eigenvalue weighted by Gasteiger charge is -2.25. The first-order valence-corrected chi connectivity index (χ1v) is 9.63. The number of hydrogen-bond donors (Lipinski definition) is 1. The first-order chi connectivity index (χ1) is 13.3. The second kappa shape index (κ2) is 7.17. The van der Waals surface area contributed by atoms with Crippen LogP contribution < -0.4 is 5.32 Å². The van der Waals surface area contributed by atoms with E-state index in [1.807, 2.05) is 32.0 Å². The first kappa shape index (κ1) is 18.9. The van der Waals surface area contributed by atoms with E-state index in [0.29, 0.717) is 16.1 Å². The highest BCUT2D eigenvalue weighted by molar-refractivity contribution is 6.30. The number of nitrogens with one attached hydrogen (secondary N) is 1. The number of aryl methyl sites for hydroxylation is 1. The number of carbonyl (C=O) groups is 1. The highest BCUT2D eigenvalue weighted by atomic mass is 35.5. The fourth-order valence-corrected chi connectivity index (χ4v) is 4.18. The van der Waals surface area contributed by atoms with Crippen LogP contribution in [-0.4, -0.2) is 15.5 Å². The monoisotopic (exact) mass is 403 g/mol. The van der Waals surface area contributed by atoms with E-state index in [1.54, 1.807) is 4.57 Å². The Morgan fingerprint density at radius 1 is 1.25 bits per heavy atom. The van der Waals surface area contributed by atoms with Gasteiger partial charge >= 0.3 is 0 Å². The summed E-state index contributed by atoms with van der Waals surface area (Å²) in [6.45, 7) is 3.83. The molecule has 4 rings (SSSR count). The minimum atomic E-state index is -0.959. The molecular formula is C21H20ClF2N3O. The maximum absolute atomic E-state index is 13.8. The summed E-state index contributed by atoms with van der Waals surface area (Å²) in [5, 5.41) is 3.80. The third kappa shape index (κ3) is 3.26. The van der Waals surface area contributed by atoms with Gasteiger partial charge in [0.2, 0.25) is 5.91 Å². The molecule has 0 spiro atoms. The minimum Gasteiger partial charge on any atom is -0.347 e. The molecule has 0 unspecified atom stereocenters. The third-order valence-corrected chi connectivity index (χ3v) is 5.55. The SMILES string of the molecule is CC(C)[C@H](C(=O)N[C@H]1CCc2cc(Cl)ccc21)n1cnc2cc(F)c(F)cc21. The lowest BCUT2D eigenvalue weighted by atomic mass is 10.0. The number of rotatable bonds is 4. The fourth-order valence-electron chi connectivity index (χ4n) is 3.99. The Morgan fingerprint density at radius 2 is 2.00 bits per heavy atom. The van der Waals surface area contributed by atoms with Crippen molar-refractivity contribution in [2.45, 2.75) is 38.8 Å².